The van der Waals surface area contributed by atoms with E-state index in [0.29, 0.717) is 0 Å². The Morgan fingerprint density at radius 3 is 1.89 bits per heavy atom. The van der Waals surface area contributed by atoms with Gasteiger partial charge in [0.15, 0.2) is 0 Å². The molecule has 6 aliphatic rings. The number of allylic oxidation sites excluding steroid dienone is 13. The molecule has 3 atom stereocenters. The van der Waals surface area contributed by atoms with Crippen molar-refractivity contribution in [1.82, 2.24) is 0 Å². The molecule has 0 amide bonds. The zero-order chi connectivity index (χ0) is 43.7. The van der Waals surface area contributed by atoms with Gasteiger partial charge in [-0.25, -0.2) is 0 Å². The SMILES string of the molecule is C=C(/C=C\C=C/C)[C@@](C1=CC=CC1)(c1ccccc1C)c1cc2c(c3c1-c1ccccc1C31c3ccc(C)cc3C3=CC=CC[C@@H]31)-c1ccccc1C21c2ccccc2-c2ccccc21. The summed E-state index contributed by atoms with van der Waals surface area (Å²) in [6.07, 6.45) is 24.7. The lowest BCUT2D eigenvalue weighted by Crippen LogP contribution is -2.36. The minimum atomic E-state index is -0.724. The molecule has 0 bridgehead atoms. The predicted molar refractivity (Wildman–Crippen MR) is 271 cm³/mol. The molecule has 0 aliphatic heterocycles. The lowest BCUT2D eigenvalue weighted by molar-refractivity contribution is 0.495. The Labute approximate surface area is 383 Å². The summed E-state index contributed by atoms with van der Waals surface area (Å²) in [7, 11) is 0. The Bertz CT molecular complexity index is 3400. The molecule has 6 aliphatic carbocycles. The van der Waals surface area contributed by atoms with Crippen molar-refractivity contribution in [2.24, 2.45) is 5.92 Å². The van der Waals surface area contributed by atoms with Gasteiger partial charge in [0.05, 0.1) is 16.2 Å². The lowest BCUT2D eigenvalue weighted by Gasteiger charge is -2.43. The van der Waals surface area contributed by atoms with E-state index in [0.717, 1.165) is 18.4 Å². The van der Waals surface area contributed by atoms with Gasteiger partial charge in [-0.2, -0.15) is 0 Å². The van der Waals surface area contributed by atoms with Gasteiger partial charge in [0.25, 0.3) is 0 Å². The number of hydrogen-bond acceptors (Lipinski definition) is 0. The van der Waals surface area contributed by atoms with Gasteiger partial charge in [0, 0.05) is 5.92 Å². The van der Waals surface area contributed by atoms with E-state index in [4.69, 9.17) is 6.58 Å². The van der Waals surface area contributed by atoms with E-state index in [1.807, 2.05) is 0 Å². The molecule has 65 heavy (non-hydrogen) atoms. The maximum Gasteiger partial charge on any atom is 0.0725 e. The Morgan fingerprint density at radius 1 is 0.585 bits per heavy atom. The molecule has 1 unspecified atom stereocenters. The molecule has 0 aromatic heterocycles. The van der Waals surface area contributed by atoms with Gasteiger partial charge < -0.3 is 0 Å². The Morgan fingerprint density at radius 2 is 1.20 bits per heavy atom. The molecule has 0 nitrogen and oxygen atoms in total. The quantitative estimate of drug-likeness (QED) is 0.146. The van der Waals surface area contributed by atoms with Crippen molar-refractivity contribution in [2.75, 3.05) is 0 Å². The summed E-state index contributed by atoms with van der Waals surface area (Å²) in [6, 6.07) is 56.7. The second-order valence-electron chi connectivity index (χ2n) is 19.0. The number of fused-ring (bicyclic) bond motifs is 21. The molecule has 0 radical (unpaired) electrons. The van der Waals surface area contributed by atoms with Crippen molar-refractivity contribution in [3.8, 4) is 33.4 Å². The highest BCUT2D eigenvalue weighted by molar-refractivity contribution is 6.05. The van der Waals surface area contributed by atoms with Crippen LogP contribution in [-0.2, 0) is 16.2 Å². The van der Waals surface area contributed by atoms with Crippen LogP contribution in [0.25, 0.3) is 39.0 Å². The first-order chi connectivity index (χ1) is 32.0. The molecular weight excluding hydrogens is 781 g/mol. The molecule has 0 saturated heterocycles. The molecule has 310 valence electrons. The zero-order valence-electron chi connectivity index (χ0n) is 37.3. The van der Waals surface area contributed by atoms with E-state index in [9.17, 15) is 0 Å². The third kappa shape index (κ3) is 4.62. The molecule has 7 aromatic rings. The highest BCUT2D eigenvalue weighted by Crippen LogP contribution is 2.73. The fraction of sp³-hybridized carbons (Fsp3) is 0.138. The van der Waals surface area contributed by atoms with Crippen LogP contribution >= 0.6 is 0 Å². The van der Waals surface area contributed by atoms with E-state index in [-0.39, 0.29) is 5.92 Å². The maximum atomic E-state index is 5.21. The van der Waals surface area contributed by atoms with Crippen molar-refractivity contribution >= 4 is 5.57 Å². The van der Waals surface area contributed by atoms with Crippen LogP contribution in [-0.4, -0.2) is 0 Å². The number of benzene rings is 7. The Kier molecular flexibility index (Phi) is 8.15. The molecule has 13 rings (SSSR count). The van der Waals surface area contributed by atoms with Crippen LogP contribution in [0.15, 0.2) is 224 Å². The summed E-state index contributed by atoms with van der Waals surface area (Å²) in [5.41, 5.74) is 26.5. The van der Waals surface area contributed by atoms with Crippen molar-refractivity contribution in [1.29, 1.82) is 0 Å². The highest BCUT2D eigenvalue weighted by Gasteiger charge is 2.62. The monoisotopic (exact) mass is 830 g/mol. The number of rotatable bonds is 6. The van der Waals surface area contributed by atoms with Gasteiger partial charge in [-0.05, 0) is 145 Å². The van der Waals surface area contributed by atoms with Crippen molar-refractivity contribution in [2.45, 2.75) is 49.9 Å². The molecule has 0 saturated carbocycles. The number of hydrogen-bond donors (Lipinski definition) is 0. The highest BCUT2D eigenvalue weighted by atomic mass is 14.6. The van der Waals surface area contributed by atoms with E-state index >= 15 is 0 Å². The summed E-state index contributed by atoms with van der Waals surface area (Å²) in [4.78, 5) is 0. The van der Waals surface area contributed by atoms with Crippen LogP contribution in [0.1, 0.15) is 86.5 Å². The fourth-order valence-corrected chi connectivity index (χ4v) is 14.0. The van der Waals surface area contributed by atoms with Crippen molar-refractivity contribution < 1.29 is 0 Å². The van der Waals surface area contributed by atoms with Crippen LogP contribution in [0.2, 0.25) is 0 Å². The summed E-state index contributed by atoms with van der Waals surface area (Å²) in [5, 5.41) is 0. The third-order valence-electron chi connectivity index (χ3n) is 16.2. The summed E-state index contributed by atoms with van der Waals surface area (Å²) >= 11 is 0. The van der Waals surface area contributed by atoms with Crippen LogP contribution in [0.5, 0.6) is 0 Å². The minimum absolute atomic E-state index is 0.205. The van der Waals surface area contributed by atoms with Gasteiger partial charge >= 0.3 is 0 Å². The van der Waals surface area contributed by atoms with Gasteiger partial charge in [0.1, 0.15) is 0 Å². The van der Waals surface area contributed by atoms with E-state index in [1.165, 1.54) is 111 Å². The predicted octanol–water partition coefficient (Wildman–Crippen LogP) is 15.8. The first kappa shape index (κ1) is 38.2. The topological polar surface area (TPSA) is 0 Å². The van der Waals surface area contributed by atoms with Crippen molar-refractivity contribution in [3.05, 3.63) is 291 Å². The minimum Gasteiger partial charge on any atom is -0.0942 e. The summed E-state index contributed by atoms with van der Waals surface area (Å²) in [6.45, 7) is 11.9. The normalized spacial score (nSPS) is 20.3. The van der Waals surface area contributed by atoms with E-state index in [1.54, 1.807) is 0 Å². The first-order valence-corrected chi connectivity index (χ1v) is 23.5. The van der Waals surface area contributed by atoms with Crippen LogP contribution in [0, 0.1) is 19.8 Å². The first-order valence-electron chi connectivity index (χ1n) is 23.5. The fourth-order valence-electron chi connectivity index (χ4n) is 14.0. The smallest absolute Gasteiger partial charge is 0.0725 e. The van der Waals surface area contributed by atoms with Gasteiger partial charge in [-0.15, -0.1) is 0 Å². The van der Waals surface area contributed by atoms with Crippen LogP contribution in [0.3, 0.4) is 0 Å². The Balaban J connectivity index is 1.31. The van der Waals surface area contributed by atoms with Crippen molar-refractivity contribution in [3.63, 3.8) is 0 Å². The molecule has 2 spiro atoms. The number of aryl methyl sites for hydroxylation is 2. The Hall–Kier alpha value is -7.28. The van der Waals surface area contributed by atoms with Crippen LogP contribution in [0.4, 0.5) is 0 Å². The molecular formula is C65H50. The lowest BCUT2D eigenvalue weighted by atomic mass is 9.58. The standard InChI is InChI=1S/C65H50/c1-5-6-7-23-43(4)63(44-24-9-10-25-44,51-31-16-8-22-42(51)3)58-40-59-61(48-29-14-20-35-55(48)64(59)52-32-17-11-26-45(52)46-27-12-18-33-53(46)64)62-60(58)49-30-15-21-36-56(49)65(62)54-34-19-13-28-47(54)50-39-41(2)37-38-57(50)65/h5-24,26-33,35-40,54H,4,25,34H2,1-3H3/b6-5-,23-7-/t54-,63+,65?/m0/s1. The second-order valence-corrected chi connectivity index (χ2v) is 19.0. The van der Waals surface area contributed by atoms with Gasteiger partial charge in [-0.1, -0.05) is 218 Å². The summed E-state index contributed by atoms with van der Waals surface area (Å²) in [5.74, 6) is 0.205. The average Bonchev–Trinajstić information content (AvgIpc) is 4.16. The molecule has 0 N–H and O–H groups in total. The molecule has 0 heterocycles. The molecule has 7 aromatic carbocycles. The van der Waals surface area contributed by atoms with E-state index < -0.39 is 16.2 Å². The largest absolute Gasteiger partial charge is 0.0942 e. The van der Waals surface area contributed by atoms with Gasteiger partial charge in [-0.3, -0.25) is 0 Å². The molecule has 0 fully saturated rings. The van der Waals surface area contributed by atoms with Gasteiger partial charge in [0.2, 0.25) is 0 Å². The second kappa shape index (κ2) is 13.9. The average molecular weight is 831 g/mol. The third-order valence-corrected chi connectivity index (χ3v) is 16.2. The van der Waals surface area contributed by atoms with E-state index in [2.05, 4.69) is 227 Å². The molecule has 0 heteroatoms. The van der Waals surface area contributed by atoms with Crippen LogP contribution < -0.4 is 0 Å². The zero-order valence-corrected chi connectivity index (χ0v) is 37.3. The summed E-state index contributed by atoms with van der Waals surface area (Å²) < 4.78 is 0. The maximum absolute atomic E-state index is 5.21.